The predicted octanol–water partition coefficient (Wildman–Crippen LogP) is 3.43. The van der Waals surface area contributed by atoms with Crippen LogP contribution in [0, 0.1) is 11.6 Å². The quantitative estimate of drug-likeness (QED) is 0.518. The molecule has 11 heteroatoms. The highest BCUT2D eigenvalue weighted by atomic mass is 32.2. The van der Waals surface area contributed by atoms with Crippen LogP contribution in [0.1, 0.15) is 12.8 Å². The lowest BCUT2D eigenvalue weighted by Gasteiger charge is -2.42. The first-order valence-corrected chi connectivity index (χ1v) is 13.6. The number of amides is 2. The van der Waals surface area contributed by atoms with Crippen LogP contribution in [0.4, 0.5) is 20.2 Å². The van der Waals surface area contributed by atoms with E-state index < -0.39 is 33.1 Å². The molecule has 8 nitrogen and oxygen atoms in total. The lowest BCUT2D eigenvalue weighted by Crippen LogP contribution is -2.57. The first-order valence-electron chi connectivity index (χ1n) is 12.1. The zero-order chi connectivity index (χ0) is 26.9. The van der Waals surface area contributed by atoms with E-state index in [2.05, 4.69) is 5.32 Å². The number of hydrogen-bond acceptors (Lipinski definition) is 5. The lowest BCUT2D eigenvalue weighted by atomic mass is 9.86. The number of carbonyl (C=O) groups is 2. The van der Waals surface area contributed by atoms with E-state index in [-0.39, 0.29) is 49.9 Å². The van der Waals surface area contributed by atoms with Crippen molar-refractivity contribution in [3.05, 3.63) is 90.5 Å². The van der Waals surface area contributed by atoms with Crippen molar-refractivity contribution in [1.82, 2.24) is 9.21 Å². The average Bonchev–Trinajstić information content (AvgIpc) is 3.17. The Bertz CT molecular complexity index is 1430. The van der Waals surface area contributed by atoms with Crippen molar-refractivity contribution < 1.29 is 26.8 Å². The number of benzene rings is 3. The van der Waals surface area contributed by atoms with E-state index in [1.807, 2.05) is 35.2 Å². The Morgan fingerprint density at radius 3 is 2.05 bits per heavy atom. The van der Waals surface area contributed by atoms with Gasteiger partial charge in [-0.05, 0) is 73.5 Å². The number of hydrogen-bond donors (Lipinski definition) is 1. The Balaban J connectivity index is 1.36. The maximum atomic E-state index is 13.8. The highest BCUT2D eigenvalue weighted by Crippen LogP contribution is 2.40. The van der Waals surface area contributed by atoms with E-state index in [9.17, 15) is 26.8 Å². The van der Waals surface area contributed by atoms with Crippen molar-refractivity contribution in [2.24, 2.45) is 0 Å². The van der Waals surface area contributed by atoms with Crippen LogP contribution in [-0.4, -0.2) is 61.3 Å². The molecule has 3 aromatic rings. The van der Waals surface area contributed by atoms with E-state index in [0.29, 0.717) is 5.69 Å². The van der Waals surface area contributed by atoms with Crippen LogP contribution in [0.5, 0.6) is 0 Å². The summed E-state index contributed by atoms with van der Waals surface area (Å²) in [5, 5.41) is 2.68. The standard InChI is InChI=1S/C27H26F2N4O4S/c28-20-6-10-22(11-7-20)30-25(34)18-31-19-33(23-4-2-1-3-5-23)27(26(31)35)14-16-32(17-15-27)38(36,37)24-12-8-21(29)9-13-24/h1-13H,14-19H2,(H,30,34). The third-order valence-corrected chi connectivity index (χ3v) is 8.96. The summed E-state index contributed by atoms with van der Waals surface area (Å²) in [5.74, 6) is -1.63. The molecule has 2 heterocycles. The van der Waals surface area contributed by atoms with Gasteiger partial charge in [0.1, 0.15) is 23.7 Å². The van der Waals surface area contributed by atoms with Gasteiger partial charge in [-0.25, -0.2) is 17.2 Å². The summed E-state index contributed by atoms with van der Waals surface area (Å²) < 4.78 is 54.2. The Morgan fingerprint density at radius 2 is 1.45 bits per heavy atom. The number of sulfonamides is 1. The second kappa shape index (κ2) is 10.1. The number of piperidine rings is 1. The molecule has 2 fully saturated rings. The van der Waals surface area contributed by atoms with Gasteiger partial charge in [-0.3, -0.25) is 9.59 Å². The van der Waals surface area contributed by atoms with Crippen LogP contribution in [0.15, 0.2) is 83.8 Å². The summed E-state index contributed by atoms with van der Waals surface area (Å²) in [4.78, 5) is 29.9. The molecular weight excluding hydrogens is 514 g/mol. The Hall–Kier alpha value is -3.83. The maximum absolute atomic E-state index is 13.8. The van der Waals surface area contributed by atoms with Crippen molar-refractivity contribution >= 4 is 33.2 Å². The SMILES string of the molecule is O=C(CN1CN(c2ccccc2)C2(CCN(S(=O)(=O)c3ccc(F)cc3)CC2)C1=O)Nc1ccc(F)cc1. The normalized spacial score (nSPS) is 17.7. The summed E-state index contributed by atoms with van der Waals surface area (Å²) in [6, 6.07) is 19.3. The zero-order valence-corrected chi connectivity index (χ0v) is 21.2. The molecule has 1 N–H and O–H groups in total. The molecule has 38 heavy (non-hydrogen) atoms. The molecule has 0 atom stereocenters. The fourth-order valence-electron chi connectivity index (χ4n) is 5.08. The number of carbonyl (C=O) groups excluding carboxylic acids is 2. The largest absolute Gasteiger partial charge is 0.339 e. The van der Waals surface area contributed by atoms with Crippen LogP contribution in [0.25, 0.3) is 0 Å². The van der Waals surface area contributed by atoms with E-state index in [1.165, 1.54) is 45.6 Å². The fourth-order valence-corrected chi connectivity index (χ4v) is 6.52. The second-order valence-corrected chi connectivity index (χ2v) is 11.3. The first-order chi connectivity index (χ1) is 18.2. The third kappa shape index (κ3) is 4.86. The Kier molecular flexibility index (Phi) is 6.89. The van der Waals surface area contributed by atoms with Gasteiger partial charge in [0.15, 0.2) is 0 Å². The zero-order valence-electron chi connectivity index (χ0n) is 20.4. The van der Waals surface area contributed by atoms with Gasteiger partial charge in [0.2, 0.25) is 21.8 Å². The molecular formula is C27H26F2N4O4S. The molecule has 0 saturated carbocycles. The third-order valence-electron chi connectivity index (χ3n) is 7.05. The smallest absolute Gasteiger partial charge is 0.250 e. The number of nitrogens with zero attached hydrogens (tertiary/aromatic N) is 3. The van der Waals surface area contributed by atoms with Gasteiger partial charge in [0.25, 0.3) is 0 Å². The van der Waals surface area contributed by atoms with Crippen molar-refractivity contribution in [3.63, 3.8) is 0 Å². The molecule has 1 spiro atoms. The van der Waals surface area contributed by atoms with Gasteiger partial charge in [0, 0.05) is 24.5 Å². The minimum absolute atomic E-state index is 0.00777. The summed E-state index contributed by atoms with van der Waals surface area (Å²) in [6.07, 6.45) is 0.439. The Labute approximate surface area is 219 Å². The highest BCUT2D eigenvalue weighted by molar-refractivity contribution is 7.89. The molecule has 2 aliphatic rings. The molecule has 0 aliphatic carbocycles. The minimum atomic E-state index is -3.86. The molecule has 0 unspecified atom stereocenters. The van der Waals surface area contributed by atoms with Gasteiger partial charge in [0.05, 0.1) is 11.6 Å². The molecule has 5 rings (SSSR count). The molecule has 2 saturated heterocycles. The number of halogens is 2. The summed E-state index contributed by atoms with van der Waals surface area (Å²) >= 11 is 0. The predicted molar refractivity (Wildman–Crippen MR) is 138 cm³/mol. The van der Waals surface area contributed by atoms with E-state index in [4.69, 9.17) is 0 Å². The highest BCUT2D eigenvalue weighted by Gasteiger charge is 2.55. The van der Waals surface area contributed by atoms with Crippen LogP contribution < -0.4 is 10.2 Å². The number of para-hydroxylation sites is 1. The molecule has 0 aromatic heterocycles. The lowest BCUT2D eigenvalue weighted by molar-refractivity contribution is -0.136. The van der Waals surface area contributed by atoms with Crippen LogP contribution in [-0.2, 0) is 19.6 Å². The second-order valence-electron chi connectivity index (χ2n) is 9.35. The van der Waals surface area contributed by atoms with Crippen molar-refractivity contribution in [3.8, 4) is 0 Å². The average molecular weight is 541 g/mol. The van der Waals surface area contributed by atoms with Crippen molar-refractivity contribution in [2.45, 2.75) is 23.3 Å². The minimum Gasteiger partial charge on any atom is -0.339 e. The van der Waals surface area contributed by atoms with Gasteiger partial charge in [-0.1, -0.05) is 18.2 Å². The maximum Gasteiger partial charge on any atom is 0.250 e. The van der Waals surface area contributed by atoms with Gasteiger partial charge >= 0.3 is 0 Å². The van der Waals surface area contributed by atoms with E-state index in [0.717, 1.165) is 17.8 Å². The molecule has 2 aliphatic heterocycles. The number of rotatable bonds is 6. The van der Waals surface area contributed by atoms with E-state index >= 15 is 0 Å². The van der Waals surface area contributed by atoms with Gasteiger partial charge < -0.3 is 15.1 Å². The topological polar surface area (TPSA) is 90.0 Å². The monoisotopic (exact) mass is 540 g/mol. The number of nitrogens with one attached hydrogen (secondary N) is 1. The fraction of sp³-hybridized carbons (Fsp3) is 0.259. The molecule has 0 bridgehead atoms. The van der Waals surface area contributed by atoms with Gasteiger partial charge in [-0.2, -0.15) is 4.31 Å². The summed E-state index contributed by atoms with van der Waals surface area (Å²) in [6.45, 7) is 0.123. The summed E-state index contributed by atoms with van der Waals surface area (Å²) in [5.41, 5.74) is 0.181. The van der Waals surface area contributed by atoms with Crippen LogP contribution in [0.3, 0.4) is 0 Å². The molecule has 0 radical (unpaired) electrons. The van der Waals surface area contributed by atoms with E-state index in [1.54, 1.807) is 0 Å². The first kappa shape index (κ1) is 25.8. The number of anilines is 2. The van der Waals surface area contributed by atoms with Crippen molar-refractivity contribution in [2.75, 3.05) is 36.5 Å². The van der Waals surface area contributed by atoms with Gasteiger partial charge in [-0.15, -0.1) is 0 Å². The Morgan fingerprint density at radius 1 is 0.868 bits per heavy atom. The van der Waals surface area contributed by atoms with Crippen LogP contribution in [0.2, 0.25) is 0 Å². The van der Waals surface area contributed by atoms with Crippen molar-refractivity contribution in [1.29, 1.82) is 0 Å². The molecule has 2 amide bonds. The van der Waals surface area contributed by atoms with Crippen LogP contribution >= 0.6 is 0 Å². The molecule has 198 valence electrons. The molecule has 3 aromatic carbocycles. The summed E-state index contributed by atoms with van der Waals surface area (Å²) in [7, 11) is -3.86.